The summed E-state index contributed by atoms with van der Waals surface area (Å²) in [5.74, 6) is -0.692. The zero-order chi connectivity index (χ0) is 28.9. The molecule has 2 rings (SSSR count). The van der Waals surface area contributed by atoms with Crippen LogP contribution in [-0.4, -0.2) is 40.3 Å². The standard InChI is InChI=1S/C32H47NO5/c1-10-17-32(37,30(7,8)9)20-38-27-16-14-25(19-22(27)5)31(11-2,12-3)24-13-15-26(21(4)18-24)28(34)33-23(6)29(35)36/h13-16,18-19,23,37H,10-12,17,20H2,1-9H3,(H,33,34)(H,35,36). The summed E-state index contributed by atoms with van der Waals surface area (Å²) in [5.41, 5.74) is 3.09. The zero-order valence-corrected chi connectivity index (χ0v) is 24.7. The van der Waals surface area contributed by atoms with Crippen molar-refractivity contribution >= 4 is 11.9 Å². The minimum absolute atomic E-state index is 0.237. The number of nitrogens with one attached hydrogen (secondary N) is 1. The Balaban J connectivity index is 2.39. The number of amides is 1. The molecule has 0 saturated heterocycles. The second-order valence-electron chi connectivity index (χ2n) is 11.7. The van der Waals surface area contributed by atoms with Gasteiger partial charge in [0.05, 0.1) is 0 Å². The molecule has 2 aromatic carbocycles. The number of benzene rings is 2. The van der Waals surface area contributed by atoms with Crippen molar-refractivity contribution in [2.45, 2.75) is 105 Å². The molecule has 0 radical (unpaired) electrons. The summed E-state index contributed by atoms with van der Waals surface area (Å²) in [5, 5.41) is 23.0. The molecule has 0 aromatic heterocycles. The molecular weight excluding hydrogens is 478 g/mol. The van der Waals surface area contributed by atoms with Gasteiger partial charge in [0, 0.05) is 11.0 Å². The van der Waals surface area contributed by atoms with Gasteiger partial charge in [0.25, 0.3) is 5.91 Å². The molecule has 0 saturated carbocycles. The number of hydrogen-bond acceptors (Lipinski definition) is 4. The van der Waals surface area contributed by atoms with E-state index in [0.717, 1.165) is 41.7 Å². The van der Waals surface area contributed by atoms with Gasteiger partial charge < -0.3 is 20.3 Å². The smallest absolute Gasteiger partial charge is 0.325 e. The van der Waals surface area contributed by atoms with Crippen molar-refractivity contribution in [3.05, 3.63) is 64.2 Å². The summed E-state index contributed by atoms with van der Waals surface area (Å²) >= 11 is 0. The topological polar surface area (TPSA) is 95.9 Å². The van der Waals surface area contributed by atoms with E-state index in [0.29, 0.717) is 12.0 Å². The van der Waals surface area contributed by atoms with Gasteiger partial charge in [0.15, 0.2) is 0 Å². The summed E-state index contributed by atoms with van der Waals surface area (Å²) in [4.78, 5) is 23.8. The van der Waals surface area contributed by atoms with Crippen molar-refractivity contribution in [3.63, 3.8) is 0 Å². The van der Waals surface area contributed by atoms with Gasteiger partial charge in [-0.2, -0.15) is 0 Å². The Kier molecular flexibility index (Phi) is 10.2. The van der Waals surface area contributed by atoms with Gasteiger partial charge in [-0.1, -0.05) is 72.2 Å². The number of aliphatic hydroxyl groups is 1. The molecule has 0 fully saturated rings. The van der Waals surface area contributed by atoms with Crippen LogP contribution >= 0.6 is 0 Å². The minimum atomic E-state index is -1.07. The van der Waals surface area contributed by atoms with E-state index in [9.17, 15) is 14.7 Å². The summed E-state index contributed by atoms with van der Waals surface area (Å²) < 4.78 is 6.20. The Morgan fingerprint density at radius 1 is 0.947 bits per heavy atom. The summed E-state index contributed by atoms with van der Waals surface area (Å²) in [6.07, 6.45) is 3.28. The predicted molar refractivity (Wildman–Crippen MR) is 153 cm³/mol. The van der Waals surface area contributed by atoms with Crippen LogP contribution in [0.5, 0.6) is 5.75 Å². The molecular formula is C32H47NO5. The molecule has 0 aliphatic rings. The molecule has 210 valence electrons. The summed E-state index contributed by atoms with van der Waals surface area (Å²) in [7, 11) is 0. The highest BCUT2D eigenvalue weighted by Gasteiger charge is 2.40. The molecule has 1 amide bonds. The number of carbonyl (C=O) groups is 2. The van der Waals surface area contributed by atoms with Gasteiger partial charge in [0.1, 0.15) is 24.0 Å². The molecule has 6 nitrogen and oxygen atoms in total. The Morgan fingerprint density at radius 3 is 1.95 bits per heavy atom. The van der Waals surface area contributed by atoms with Gasteiger partial charge in [-0.05, 0) is 79.8 Å². The van der Waals surface area contributed by atoms with Gasteiger partial charge >= 0.3 is 5.97 Å². The molecule has 2 aromatic rings. The van der Waals surface area contributed by atoms with Crippen molar-refractivity contribution in [1.29, 1.82) is 0 Å². The van der Waals surface area contributed by atoms with Gasteiger partial charge in [0.2, 0.25) is 0 Å². The van der Waals surface area contributed by atoms with Crippen LogP contribution in [0.25, 0.3) is 0 Å². The number of aryl methyl sites for hydroxylation is 2. The molecule has 38 heavy (non-hydrogen) atoms. The van der Waals surface area contributed by atoms with E-state index in [-0.39, 0.29) is 17.4 Å². The number of aliphatic carboxylic acids is 1. The first kappa shape index (κ1) is 31.4. The maximum absolute atomic E-state index is 12.7. The van der Waals surface area contributed by atoms with Crippen LogP contribution in [-0.2, 0) is 10.2 Å². The monoisotopic (exact) mass is 525 g/mol. The van der Waals surface area contributed by atoms with Crippen molar-refractivity contribution in [2.24, 2.45) is 5.41 Å². The fourth-order valence-corrected chi connectivity index (χ4v) is 5.17. The third-order valence-corrected chi connectivity index (χ3v) is 8.20. The van der Waals surface area contributed by atoms with Crippen LogP contribution in [0.3, 0.4) is 0 Å². The fraction of sp³-hybridized carbons (Fsp3) is 0.562. The van der Waals surface area contributed by atoms with Crippen molar-refractivity contribution < 1.29 is 24.5 Å². The Labute approximate surface area is 228 Å². The van der Waals surface area contributed by atoms with E-state index in [1.807, 2.05) is 52.8 Å². The van der Waals surface area contributed by atoms with E-state index >= 15 is 0 Å². The molecule has 0 heterocycles. The van der Waals surface area contributed by atoms with Crippen molar-refractivity contribution in [2.75, 3.05) is 6.61 Å². The number of rotatable bonds is 12. The molecule has 0 aliphatic heterocycles. The fourth-order valence-electron chi connectivity index (χ4n) is 5.17. The third kappa shape index (κ3) is 6.58. The lowest BCUT2D eigenvalue weighted by Crippen LogP contribution is -2.47. The highest BCUT2D eigenvalue weighted by Crippen LogP contribution is 2.41. The normalized spacial score (nSPS) is 14.5. The Morgan fingerprint density at radius 2 is 1.50 bits per heavy atom. The number of hydrogen-bond donors (Lipinski definition) is 3. The van der Waals surface area contributed by atoms with E-state index in [1.165, 1.54) is 12.5 Å². The van der Waals surface area contributed by atoms with Crippen LogP contribution in [0, 0.1) is 19.3 Å². The van der Waals surface area contributed by atoms with Crippen LogP contribution in [0.1, 0.15) is 107 Å². The molecule has 0 aliphatic carbocycles. The molecule has 0 spiro atoms. The molecule has 0 bridgehead atoms. The average Bonchev–Trinajstić information content (AvgIpc) is 2.84. The molecule has 2 unspecified atom stereocenters. The van der Waals surface area contributed by atoms with Crippen LogP contribution in [0.4, 0.5) is 0 Å². The Hall–Kier alpha value is -2.86. The number of carboxylic acid groups (broad SMARTS) is 1. The second-order valence-corrected chi connectivity index (χ2v) is 11.7. The van der Waals surface area contributed by atoms with Crippen LogP contribution in [0.2, 0.25) is 0 Å². The van der Waals surface area contributed by atoms with E-state index in [4.69, 9.17) is 9.84 Å². The lowest BCUT2D eigenvalue weighted by Gasteiger charge is -2.40. The number of carboxylic acids is 1. The average molecular weight is 526 g/mol. The van der Waals surface area contributed by atoms with E-state index in [1.54, 1.807) is 6.07 Å². The van der Waals surface area contributed by atoms with Crippen molar-refractivity contribution in [1.82, 2.24) is 5.32 Å². The highest BCUT2D eigenvalue weighted by atomic mass is 16.5. The SMILES string of the molecule is CCCC(O)(COc1ccc(C(CC)(CC)c2ccc(C(=O)NC(C)C(=O)O)c(C)c2)cc1C)C(C)(C)C. The highest BCUT2D eigenvalue weighted by molar-refractivity contribution is 5.97. The first-order chi connectivity index (χ1) is 17.7. The molecule has 3 N–H and O–H groups in total. The quantitative estimate of drug-likeness (QED) is 0.291. The van der Waals surface area contributed by atoms with Crippen LogP contribution < -0.4 is 10.1 Å². The molecule has 2 atom stereocenters. The lowest BCUT2D eigenvalue weighted by atomic mass is 9.70. The Bertz CT molecular complexity index is 1130. The van der Waals surface area contributed by atoms with Gasteiger partial charge in [-0.15, -0.1) is 0 Å². The maximum Gasteiger partial charge on any atom is 0.325 e. The van der Waals surface area contributed by atoms with E-state index in [2.05, 4.69) is 38.2 Å². The number of ether oxygens (including phenoxy) is 1. The lowest BCUT2D eigenvalue weighted by molar-refractivity contribution is -0.138. The second kappa shape index (κ2) is 12.3. The maximum atomic E-state index is 12.7. The number of carbonyl (C=O) groups excluding carboxylic acids is 1. The largest absolute Gasteiger partial charge is 0.490 e. The van der Waals surface area contributed by atoms with Gasteiger partial charge in [-0.25, -0.2) is 0 Å². The predicted octanol–water partition coefficient (Wildman–Crippen LogP) is 6.57. The minimum Gasteiger partial charge on any atom is -0.490 e. The van der Waals surface area contributed by atoms with Crippen LogP contribution in [0.15, 0.2) is 36.4 Å². The summed E-state index contributed by atoms with van der Waals surface area (Å²) in [6, 6.07) is 11.1. The molecule has 6 heteroatoms. The van der Waals surface area contributed by atoms with Crippen molar-refractivity contribution in [3.8, 4) is 5.75 Å². The van der Waals surface area contributed by atoms with Gasteiger partial charge in [-0.3, -0.25) is 9.59 Å². The first-order valence-electron chi connectivity index (χ1n) is 13.8. The summed E-state index contributed by atoms with van der Waals surface area (Å²) in [6.45, 7) is 18.1. The third-order valence-electron chi connectivity index (χ3n) is 8.20. The first-order valence-corrected chi connectivity index (χ1v) is 13.8. The zero-order valence-electron chi connectivity index (χ0n) is 24.7. The van der Waals surface area contributed by atoms with E-state index < -0.39 is 23.5 Å².